The first-order valence-corrected chi connectivity index (χ1v) is 5.37. The maximum absolute atomic E-state index is 8.74. The van der Waals surface area contributed by atoms with Crippen LogP contribution in [0.4, 0.5) is 0 Å². The van der Waals surface area contributed by atoms with E-state index in [1.807, 2.05) is 0 Å². The molecule has 0 amide bonds. The van der Waals surface area contributed by atoms with E-state index in [-0.39, 0.29) is 0 Å². The molecular weight excluding hydrogens is 241 g/mol. The summed E-state index contributed by atoms with van der Waals surface area (Å²) >= 11 is 0. The molecule has 11 heteroatoms. The van der Waals surface area contributed by atoms with Crippen molar-refractivity contribution in [2.75, 3.05) is 0 Å². The SMILES string of the molecule is O=S(=O)(O)O.O=[PH](O)O.c1cocn1. The summed E-state index contributed by atoms with van der Waals surface area (Å²) in [6.45, 7) is 0. The van der Waals surface area contributed by atoms with E-state index in [4.69, 9.17) is 31.9 Å². The van der Waals surface area contributed by atoms with Crippen LogP contribution in [0.1, 0.15) is 0 Å². The van der Waals surface area contributed by atoms with Crippen LogP contribution in [0.3, 0.4) is 0 Å². The largest absolute Gasteiger partial charge is 0.452 e. The van der Waals surface area contributed by atoms with Crippen LogP contribution in [-0.2, 0) is 15.0 Å². The second-order valence-electron chi connectivity index (χ2n) is 1.41. The zero-order valence-electron chi connectivity index (χ0n) is 6.51. The molecule has 0 saturated heterocycles. The zero-order chi connectivity index (χ0) is 11.6. The molecule has 0 atom stereocenters. The van der Waals surface area contributed by atoms with Gasteiger partial charge in [0.1, 0.15) is 6.26 Å². The molecular formula is C3H8NO8PS. The average Bonchev–Trinajstić information content (AvgIpc) is 2.32. The highest BCUT2D eigenvalue weighted by atomic mass is 32.3. The van der Waals surface area contributed by atoms with Gasteiger partial charge in [-0.25, -0.2) is 4.98 Å². The Hall–Kier alpha value is -0.770. The van der Waals surface area contributed by atoms with E-state index in [9.17, 15) is 0 Å². The Morgan fingerprint density at radius 3 is 1.71 bits per heavy atom. The van der Waals surface area contributed by atoms with Crippen LogP contribution in [0.25, 0.3) is 0 Å². The fourth-order valence-corrected chi connectivity index (χ4v) is 0.176. The molecule has 0 aliphatic rings. The van der Waals surface area contributed by atoms with Gasteiger partial charge in [-0.2, -0.15) is 8.42 Å². The number of oxazole rings is 1. The molecule has 1 aromatic heterocycles. The summed E-state index contributed by atoms with van der Waals surface area (Å²) in [5.41, 5.74) is 0. The quantitative estimate of drug-likeness (QED) is 0.347. The molecule has 84 valence electrons. The van der Waals surface area contributed by atoms with Gasteiger partial charge in [0.15, 0.2) is 6.39 Å². The number of aromatic nitrogens is 1. The van der Waals surface area contributed by atoms with Crippen molar-refractivity contribution in [3.05, 3.63) is 18.9 Å². The Balaban J connectivity index is 0. The molecule has 0 bridgehead atoms. The van der Waals surface area contributed by atoms with Crippen molar-refractivity contribution >= 4 is 18.7 Å². The van der Waals surface area contributed by atoms with Gasteiger partial charge < -0.3 is 14.2 Å². The summed E-state index contributed by atoms with van der Waals surface area (Å²) in [5.74, 6) is 0. The van der Waals surface area contributed by atoms with Gasteiger partial charge >= 0.3 is 18.7 Å². The minimum atomic E-state index is -4.67. The van der Waals surface area contributed by atoms with Gasteiger partial charge in [-0.3, -0.25) is 13.7 Å². The van der Waals surface area contributed by atoms with Crippen LogP contribution in [0.15, 0.2) is 23.3 Å². The molecule has 9 nitrogen and oxygen atoms in total. The number of nitrogens with zero attached hydrogens (tertiary/aromatic N) is 1. The van der Waals surface area contributed by atoms with Crippen molar-refractivity contribution in [1.82, 2.24) is 4.98 Å². The van der Waals surface area contributed by atoms with Crippen LogP contribution in [-0.4, -0.2) is 32.3 Å². The van der Waals surface area contributed by atoms with E-state index < -0.39 is 18.7 Å². The molecule has 0 aliphatic carbocycles. The predicted octanol–water partition coefficient (Wildman–Crippen LogP) is -0.617. The Bertz CT molecular complexity index is 289. The topological polar surface area (TPSA) is 158 Å². The summed E-state index contributed by atoms with van der Waals surface area (Å²) in [6.07, 6.45) is 4.47. The summed E-state index contributed by atoms with van der Waals surface area (Å²) in [5, 5.41) is 0. The van der Waals surface area contributed by atoms with E-state index >= 15 is 0 Å². The van der Waals surface area contributed by atoms with Gasteiger partial charge in [0.2, 0.25) is 0 Å². The van der Waals surface area contributed by atoms with E-state index in [1.54, 1.807) is 6.20 Å². The van der Waals surface area contributed by atoms with Gasteiger partial charge in [-0.1, -0.05) is 0 Å². The molecule has 0 radical (unpaired) electrons. The summed E-state index contributed by atoms with van der Waals surface area (Å²) in [4.78, 5) is 17.9. The molecule has 4 N–H and O–H groups in total. The fourth-order valence-electron chi connectivity index (χ4n) is 0.176. The first kappa shape index (κ1) is 15.7. The lowest BCUT2D eigenvalue weighted by molar-refractivity contribution is 0.380. The van der Waals surface area contributed by atoms with Gasteiger partial charge in [-0.15, -0.1) is 0 Å². The lowest BCUT2D eigenvalue weighted by Crippen LogP contribution is -1.89. The monoisotopic (exact) mass is 249 g/mol. The van der Waals surface area contributed by atoms with Crippen LogP contribution >= 0.6 is 8.25 Å². The van der Waals surface area contributed by atoms with Crippen LogP contribution in [0, 0.1) is 0 Å². The lowest BCUT2D eigenvalue weighted by Gasteiger charge is -1.68. The van der Waals surface area contributed by atoms with Gasteiger partial charge in [0.25, 0.3) is 0 Å². The molecule has 14 heavy (non-hydrogen) atoms. The standard InChI is InChI=1S/C3H3NO.H2O4S.H3O3P/c1-2-5-3-4-1;1-5(2,3)4;1-4(2)3/h1-3H;(H2,1,2,3,4);4H,(H2,1,2,3). The third-order valence-electron chi connectivity index (χ3n) is 0.347. The van der Waals surface area contributed by atoms with E-state index in [2.05, 4.69) is 9.40 Å². The normalized spacial score (nSPS) is 9.50. The van der Waals surface area contributed by atoms with E-state index in [0.29, 0.717) is 0 Å². The van der Waals surface area contributed by atoms with E-state index in [0.717, 1.165) is 0 Å². The van der Waals surface area contributed by atoms with Gasteiger partial charge in [0.05, 0.1) is 6.20 Å². The number of hydrogen-bond donors (Lipinski definition) is 4. The maximum Gasteiger partial charge on any atom is 0.394 e. The van der Waals surface area contributed by atoms with Crippen molar-refractivity contribution < 1.29 is 36.3 Å². The molecule has 1 aromatic rings. The molecule has 0 aromatic carbocycles. The van der Waals surface area contributed by atoms with Crippen molar-refractivity contribution in [3.8, 4) is 0 Å². The third-order valence-corrected chi connectivity index (χ3v) is 0.347. The zero-order valence-corrected chi connectivity index (χ0v) is 8.33. The van der Waals surface area contributed by atoms with Crippen molar-refractivity contribution in [1.29, 1.82) is 0 Å². The van der Waals surface area contributed by atoms with Crippen LogP contribution in [0.5, 0.6) is 0 Å². The highest BCUT2D eigenvalue weighted by Gasteiger charge is 1.84. The first-order chi connectivity index (χ1) is 6.23. The van der Waals surface area contributed by atoms with Gasteiger partial charge in [0, 0.05) is 0 Å². The Labute approximate surface area is 79.6 Å². The second kappa shape index (κ2) is 8.81. The maximum atomic E-state index is 8.74. The van der Waals surface area contributed by atoms with E-state index in [1.165, 1.54) is 12.7 Å². The average molecular weight is 249 g/mol. The van der Waals surface area contributed by atoms with Crippen molar-refractivity contribution in [2.24, 2.45) is 0 Å². The molecule has 1 heterocycles. The highest BCUT2D eigenvalue weighted by Crippen LogP contribution is 1.98. The van der Waals surface area contributed by atoms with Crippen LogP contribution in [0.2, 0.25) is 0 Å². The number of hydrogen-bond acceptors (Lipinski definition) is 5. The third kappa shape index (κ3) is 65.7. The lowest BCUT2D eigenvalue weighted by atomic mass is 11.0. The summed E-state index contributed by atoms with van der Waals surface area (Å²) in [6, 6.07) is 0. The Kier molecular flexibility index (Phi) is 9.88. The van der Waals surface area contributed by atoms with Gasteiger partial charge in [-0.05, 0) is 0 Å². The fraction of sp³-hybridized carbons (Fsp3) is 0. The molecule has 0 fully saturated rings. The minimum absolute atomic E-state index is 1.38. The van der Waals surface area contributed by atoms with Crippen molar-refractivity contribution in [2.45, 2.75) is 0 Å². The minimum Gasteiger partial charge on any atom is -0.452 e. The van der Waals surface area contributed by atoms with Crippen LogP contribution < -0.4 is 0 Å². The molecule has 0 aliphatic heterocycles. The first-order valence-electron chi connectivity index (χ1n) is 2.67. The summed E-state index contributed by atoms with van der Waals surface area (Å²) in [7, 11) is -7.80. The molecule has 0 saturated carbocycles. The Morgan fingerprint density at radius 2 is 1.64 bits per heavy atom. The molecule has 0 unspecified atom stereocenters. The number of rotatable bonds is 0. The summed E-state index contributed by atoms with van der Waals surface area (Å²) < 4.78 is 44.8. The molecule has 1 rings (SSSR count). The second-order valence-corrected chi connectivity index (χ2v) is 2.87. The highest BCUT2D eigenvalue weighted by molar-refractivity contribution is 7.79. The Morgan fingerprint density at radius 1 is 1.29 bits per heavy atom. The predicted molar refractivity (Wildman–Crippen MR) is 44.1 cm³/mol. The molecule has 0 spiro atoms. The smallest absolute Gasteiger partial charge is 0.394 e. The van der Waals surface area contributed by atoms with Crippen molar-refractivity contribution in [3.63, 3.8) is 0 Å².